The lowest BCUT2D eigenvalue weighted by Crippen LogP contribution is -2.48. The topological polar surface area (TPSA) is 94.1 Å². The van der Waals surface area contributed by atoms with E-state index >= 15 is 0 Å². The minimum absolute atomic E-state index is 0.0498. The summed E-state index contributed by atoms with van der Waals surface area (Å²) in [6.07, 6.45) is 4.58. The van der Waals surface area contributed by atoms with Crippen LogP contribution in [0.5, 0.6) is 11.8 Å². The highest BCUT2D eigenvalue weighted by molar-refractivity contribution is 5.86. The normalized spacial score (nSPS) is 22.3. The molecule has 2 saturated heterocycles. The predicted octanol–water partition coefficient (Wildman–Crippen LogP) is 1.86. The number of methoxy groups -OCH3 is 1. The third-order valence-corrected chi connectivity index (χ3v) is 4.71. The molecular weight excluding hydrogens is 364 g/mol. The zero-order chi connectivity index (χ0) is 20.3. The maximum atomic E-state index is 13.0. The van der Waals surface area contributed by atoms with Crippen LogP contribution in [0.25, 0.3) is 0 Å². The summed E-state index contributed by atoms with van der Waals surface area (Å²) in [6, 6.07) is -0.467. The summed E-state index contributed by atoms with van der Waals surface area (Å²) in [5.41, 5.74) is -0.586. The van der Waals surface area contributed by atoms with E-state index < -0.39 is 17.7 Å². The summed E-state index contributed by atoms with van der Waals surface area (Å²) in [7, 11) is 1.52. The Bertz CT molecular complexity index is 721. The number of hydrogen-bond donors (Lipinski definition) is 0. The van der Waals surface area contributed by atoms with Crippen LogP contribution in [0.1, 0.15) is 40.0 Å². The lowest BCUT2D eigenvalue weighted by atomic mass is 10.2. The third-order valence-electron chi connectivity index (χ3n) is 4.71. The van der Waals surface area contributed by atoms with Crippen LogP contribution in [0.2, 0.25) is 0 Å². The number of carbonyl (C=O) groups is 2. The van der Waals surface area contributed by atoms with E-state index in [1.807, 2.05) is 20.8 Å². The Morgan fingerprint density at radius 3 is 2.61 bits per heavy atom. The Kier molecular flexibility index (Phi) is 5.90. The van der Waals surface area contributed by atoms with E-state index in [1.54, 1.807) is 9.80 Å². The second-order valence-corrected chi connectivity index (χ2v) is 8.04. The monoisotopic (exact) mass is 392 g/mol. The summed E-state index contributed by atoms with van der Waals surface area (Å²) in [5, 5.41) is 0. The van der Waals surface area contributed by atoms with Gasteiger partial charge in [-0.05, 0) is 33.6 Å². The molecule has 2 fully saturated rings. The SMILES string of the molecule is COc1cncc(OC2CCN(C(=O)C3CCCN3C(=O)OC(C)(C)C)C2)n1. The van der Waals surface area contributed by atoms with E-state index in [0.29, 0.717) is 44.2 Å². The molecule has 2 amide bonds. The summed E-state index contributed by atoms with van der Waals surface area (Å²) >= 11 is 0. The highest BCUT2D eigenvalue weighted by atomic mass is 16.6. The Morgan fingerprint density at radius 2 is 1.89 bits per heavy atom. The van der Waals surface area contributed by atoms with Crippen LogP contribution < -0.4 is 9.47 Å². The number of aromatic nitrogens is 2. The molecule has 1 aromatic rings. The molecule has 3 heterocycles. The molecule has 0 aromatic carbocycles. The molecule has 2 atom stereocenters. The molecule has 2 aliphatic heterocycles. The molecule has 9 heteroatoms. The van der Waals surface area contributed by atoms with Crippen molar-refractivity contribution in [2.45, 2.75) is 57.8 Å². The maximum Gasteiger partial charge on any atom is 0.410 e. The van der Waals surface area contributed by atoms with Gasteiger partial charge in [0, 0.05) is 19.5 Å². The van der Waals surface area contributed by atoms with Crippen molar-refractivity contribution in [2.75, 3.05) is 26.7 Å². The second-order valence-electron chi connectivity index (χ2n) is 8.04. The molecule has 0 bridgehead atoms. The minimum atomic E-state index is -0.586. The molecule has 0 aliphatic carbocycles. The molecule has 0 radical (unpaired) electrons. The van der Waals surface area contributed by atoms with Gasteiger partial charge in [0.25, 0.3) is 0 Å². The van der Waals surface area contributed by atoms with Crippen LogP contribution in [0, 0.1) is 0 Å². The molecular formula is C19H28N4O5. The lowest BCUT2D eigenvalue weighted by Gasteiger charge is -2.30. The van der Waals surface area contributed by atoms with Crippen LogP contribution >= 0.6 is 0 Å². The van der Waals surface area contributed by atoms with Gasteiger partial charge in [-0.2, -0.15) is 4.98 Å². The number of likely N-dealkylation sites (tertiary alicyclic amines) is 2. The molecule has 28 heavy (non-hydrogen) atoms. The van der Waals surface area contributed by atoms with Crippen LogP contribution in [0.4, 0.5) is 4.79 Å². The van der Waals surface area contributed by atoms with Crippen molar-refractivity contribution in [2.24, 2.45) is 0 Å². The van der Waals surface area contributed by atoms with Gasteiger partial charge in [0.2, 0.25) is 17.7 Å². The van der Waals surface area contributed by atoms with Crippen LogP contribution in [0.15, 0.2) is 12.4 Å². The van der Waals surface area contributed by atoms with E-state index in [9.17, 15) is 9.59 Å². The van der Waals surface area contributed by atoms with Crippen LogP contribution in [-0.4, -0.2) is 76.3 Å². The molecule has 3 rings (SSSR count). The summed E-state index contributed by atoms with van der Waals surface area (Å²) in [6.45, 7) is 7.04. The largest absolute Gasteiger partial charge is 0.480 e. The summed E-state index contributed by atoms with van der Waals surface area (Å²) < 4.78 is 16.3. The van der Waals surface area contributed by atoms with Gasteiger partial charge < -0.3 is 19.1 Å². The van der Waals surface area contributed by atoms with Crippen LogP contribution in [0.3, 0.4) is 0 Å². The van der Waals surface area contributed by atoms with Crippen molar-refractivity contribution < 1.29 is 23.8 Å². The Hall–Kier alpha value is -2.58. The summed E-state index contributed by atoms with van der Waals surface area (Å²) in [4.78, 5) is 37.0. The number of ether oxygens (including phenoxy) is 3. The van der Waals surface area contributed by atoms with Gasteiger partial charge in [0.1, 0.15) is 17.7 Å². The maximum absolute atomic E-state index is 13.0. The fourth-order valence-corrected chi connectivity index (χ4v) is 3.45. The van der Waals surface area contributed by atoms with Gasteiger partial charge in [0.15, 0.2) is 0 Å². The number of amides is 2. The highest BCUT2D eigenvalue weighted by Gasteiger charge is 2.40. The standard InChI is InChI=1S/C19H28N4O5/c1-19(2,3)28-18(25)23-8-5-6-14(23)17(24)22-9-7-13(12-22)27-16-11-20-10-15(21-16)26-4/h10-11,13-14H,5-9,12H2,1-4H3. The van der Waals surface area contributed by atoms with Crippen molar-refractivity contribution in [3.05, 3.63) is 12.4 Å². The van der Waals surface area contributed by atoms with E-state index in [0.717, 1.165) is 6.42 Å². The average Bonchev–Trinajstić information content (AvgIpc) is 3.29. The smallest absolute Gasteiger partial charge is 0.410 e. The molecule has 1 aromatic heterocycles. The van der Waals surface area contributed by atoms with Crippen molar-refractivity contribution >= 4 is 12.0 Å². The van der Waals surface area contributed by atoms with Crippen LogP contribution in [-0.2, 0) is 9.53 Å². The average molecular weight is 392 g/mol. The zero-order valence-corrected chi connectivity index (χ0v) is 16.9. The van der Waals surface area contributed by atoms with Gasteiger partial charge in [-0.25, -0.2) is 4.79 Å². The predicted molar refractivity (Wildman–Crippen MR) is 100 cm³/mol. The molecule has 2 aliphatic rings. The van der Waals surface area contributed by atoms with E-state index in [-0.39, 0.29) is 12.0 Å². The Morgan fingerprint density at radius 1 is 1.14 bits per heavy atom. The number of nitrogens with zero attached hydrogens (tertiary/aromatic N) is 4. The van der Waals surface area contributed by atoms with Crippen molar-refractivity contribution in [1.29, 1.82) is 0 Å². The number of rotatable bonds is 4. The highest BCUT2D eigenvalue weighted by Crippen LogP contribution is 2.25. The molecule has 0 saturated carbocycles. The minimum Gasteiger partial charge on any atom is -0.480 e. The number of hydrogen-bond acceptors (Lipinski definition) is 7. The first kappa shape index (κ1) is 20.2. The van der Waals surface area contributed by atoms with E-state index in [4.69, 9.17) is 14.2 Å². The fraction of sp³-hybridized carbons (Fsp3) is 0.684. The molecule has 154 valence electrons. The molecule has 0 N–H and O–H groups in total. The van der Waals surface area contributed by atoms with Crippen molar-refractivity contribution in [3.63, 3.8) is 0 Å². The fourth-order valence-electron chi connectivity index (χ4n) is 3.45. The third kappa shape index (κ3) is 4.82. The summed E-state index contributed by atoms with van der Waals surface area (Å²) in [5.74, 6) is 0.698. The van der Waals surface area contributed by atoms with E-state index in [1.165, 1.54) is 19.5 Å². The number of carbonyl (C=O) groups excluding carboxylic acids is 2. The van der Waals surface area contributed by atoms with Gasteiger partial charge in [-0.1, -0.05) is 0 Å². The van der Waals surface area contributed by atoms with Gasteiger partial charge in [-0.15, -0.1) is 0 Å². The Balaban J connectivity index is 1.58. The quantitative estimate of drug-likeness (QED) is 0.772. The van der Waals surface area contributed by atoms with Gasteiger partial charge in [0.05, 0.1) is 26.0 Å². The van der Waals surface area contributed by atoms with Gasteiger partial charge in [-0.3, -0.25) is 14.7 Å². The first-order valence-corrected chi connectivity index (χ1v) is 9.58. The molecule has 2 unspecified atom stereocenters. The second kappa shape index (κ2) is 8.20. The van der Waals surface area contributed by atoms with E-state index in [2.05, 4.69) is 9.97 Å². The lowest BCUT2D eigenvalue weighted by molar-refractivity contribution is -0.135. The first-order chi connectivity index (χ1) is 13.3. The Labute approximate surface area is 165 Å². The zero-order valence-electron chi connectivity index (χ0n) is 16.9. The first-order valence-electron chi connectivity index (χ1n) is 9.58. The molecule has 9 nitrogen and oxygen atoms in total. The van der Waals surface area contributed by atoms with Crippen molar-refractivity contribution in [3.8, 4) is 11.8 Å². The van der Waals surface area contributed by atoms with Gasteiger partial charge >= 0.3 is 6.09 Å². The van der Waals surface area contributed by atoms with Crippen molar-refractivity contribution in [1.82, 2.24) is 19.8 Å². The molecule has 0 spiro atoms.